The van der Waals surface area contributed by atoms with Gasteiger partial charge in [0.15, 0.2) is 0 Å². The summed E-state index contributed by atoms with van der Waals surface area (Å²) in [5.74, 6) is 0.295. The second-order valence-electron chi connectivity index (χ2n) is 5.64. The van der Waals surface area contributed by atoms with Crippen molar-refractivity contribution in [1.82, 2.24) is 9.80 Å². The van der Waals surface area contributed by atoms with Gasteiger partial charge in [-0.05, 0) is 24.6 Å². The molecule has 1 atom stereocenters. The summed E-state index contributed by atoms with van der Waals surface area (Å²) in [6, 6.07) is 7.44. The maximum Gasteiger partial charge on any atom is 0.229 e. The van der Waals surface area contributed by atoms with Crippen LogP contribution in [0.2, 0.25) is 0 Å². The van der Waals surface area contributed by atoms with Gasteiger partial charge in [0.2, 0.25) is 17.7 Å². The zero-order valence-corrected chi connectivity index (χ0v) is 13.7. The third-order valence-electron chi connectivity index (χ3n) is 4.28. The molecular formula is C17H22N2O4. The summed E-state index contributed by atoms with van der Waals surface area (Å²) >= 11 is 0. The van der Waals surface area contributed by atoms with Crippen molar-refractivity contribution in [3.05, 3.63) is 29.8 Å². The van der Waals surface area contributed by atoms with E-state index in [9.17, 15) is 14.4 Å². The molecule has 1 aliphatic heterocycles. The van der Waals surface area contributed by atoms with Crippen LogP contribution >= 0.6 is 0 Å². The minimum Gasteiger partial charge on any atom is -0.497 e. The first-order valence-corrected chi connectivity index (χ1v) is 7.67. The van der Waals surface area contributed by atoms with Crippen LogP contribution in [-0.2, 0) is 14.4 Å². The number of benzene rings is 1. The van der Waals surface area contributed by atoms with Gasteiger partial charge in [0.1, 0.15) is 5.75 Å². The van der Waals surface area contributed by atoms with E-state index in [4.69, 9.17) is 4.74 Å². The quantitative estimate of drug-likeness (QED) is 0.750. The van der Waals surface area contributed by atoms with Crippen molar-refractivity contribution in [1.29, 1.82) is 0 Å². The van der Waals surface area contributed by atoms with Crippen LogP contribution < -0.4 is 4.74 Å². The highest BCUT2D eigenvalue weighted by Crippen LogP contribution is 2.22. The van der Waals surface area contributed by atoms with Crippen LogP contribution in [-0.4, -0.2) is 48.2 Å². The third kappa shape index (κ3) is 3.88. The molecule has 6 heteroatoms. The average molecular weight is 318 g/mol. The number of hydrogen-bond acceptors (Lipinski definition) is 4. The number of carbonyl (C=O) groups is 3. The number of likely N-dealkylation sites (tertiary alicyclic amines) is 1. The van der Waals surface area contributed by atoms with Crippen molar-refractivity contribution in [3.63, 3.8) is 0 Å². The van der Waals surface area contributed by atoms with Crippen LogP contribution in [0.25, 0.3) is 0 Å². The molecule has 1 aromatic rings. The SMILES string of the molecule is COc1ccc(C(C)N(C)C(=O)CCN2C(=O)CCC2=O)cc1. The number of imide groups is 1. The molecule has 2 rings (SSSR count). The molecule has 23 heavy (non-hydrogen) atoms. The molecule has 0 aliphatic carbocycles. The van der Waals surface area contributed by atoms with Crippen molar-refractivity contribution in [2.24, 2.45) is 0 Å². The second-order valence-corrected chi connectivity index (χ2v) is 5.64. The van der Waals surface area contributed by atoms with E-state index < -0.39 is 0 Å². The summed E-state index contributed by atoms with van der Waals surface area (Å²) in [6.45, 7) is 2.10. The summed E-state index contributed by atoms with van der Waals surface area (Å²) in [4.78, 5) is 38.2. The molecule has 0 N–H and O–H groups in total. The van der Waals surface area contributed by atoms with Gasteiger partial charge >= 0.3 is 0 Å². The highest BCUT2D eigenvalue weighted by atomic mass is 16.5. The van der Waals surface area contributed by atoms with Crippen LogP contribution in [0, 0.1) is 0 Å². The molecule has 1 aromatic carbocycles. The molecule has 0 aromatic heterocycles. The van der Waals surface area contributed by atoms with Gasteiger partial charge in [-0.1, -0.05) is 12.1 Å². The maximum absolute atomic E-state index is 12.3. The monoisotopic (exact) mass is 318 g/mol. The summed E-state index contributed by atoms with van der Waals surface area (Å²) in [5, 5.41) is 0. The van der Waals surface area contributed by atoms with Gasteiger partial charge in [-0.15, -0.1) is 0 Å². The molecule has 0 spiro atoms. The van der Waals surface area contributed by atoms with Gasteiger partial charge in [0.05, 0.1) is 13.2 Å². The second kappa shape index (κ2) is 7.26. The van der Waals surface area contributed by atoms with E-state index in [-0.39, 0.29) is 49.6 Å². The number of methoxy groups -OCH3 is 1. The Kier molecular flexibility index (Phi) is 5.36. The molecule has 124 valence electrons. The lowest BCUT2D eigenvalue weighted by atomic mass is 10.1. The van der Waals surface area contributed by atoms with E-state index in [2.05, 4.69) is 0 Å². The van der Waals surface area contributed by atoms with Crippen LogP contribution in [0.15, 0.2) is 24.3 Å². The molecular weight excluding hydrogens is 296 g/mol. The molecule has 3 amide bonds. The van der Waals surface area contributed by atoms with E-state index in [1.807, 2.05) is 31.2 Å². The Balaban J connectivity index is 1.92. The van der Waals surface area contributed by atoms with Crippen molar-refractivity contribution in [2.45, 2.75) is 32.2 Å². The minimum absolute atomic E-state index is 0.0965. The normalized spacial score (nSPS) is 15.7. The molecule has 6 nitrogen and oxygen atoms in total. The molecule has 1 heterocycles. The molecule has 0 radical (unpaired) electrons. The first kappa shape index (κ1) is 17.0. The van der Waals surface area contributed by atoms with E-state index in [1.54, 1.807) is 19.1 Å². The number of hydrogen-bond donors (Lipinski definition) is 0. The standard InChI is InChI=1S/C17H22N2O4/c1-12(13-4-6-14(23-3)7-5-13)18(2)15(20)10-11-19-16(21)8-9-17(19)22/h4-7,12H,8-11H2,1-3H3. The molecule has 1 aliphatic rings. The summed E-state index contributed by atoms with van der Waals surface area (Å²) < 4.78 is 5.12. The maximum atomic E-state index is 12.3. The smallest absolute Gasteiger partial charge is 0.229 e. The fourth-order valence-corrected chi connectivity index (χ4v) is 2.58. The van der Waals surface area contributed by atoms with Crippen molar-refractivity contribution >= 4 is 17.7 Å². The zero-order chi connectivity index (χ0) is 17.0. The highest BCUT2D eigenvalue weighted by molar-refractivity contribution is 6.02. The first-order chi connectivity index (χ1) is 10.9. The van der Waals surface area contributed by atoms with Crippen molar-refractivity contribution < 1.29 is 19.1 Å². The highest BCUT2D eigenvalue weighted by Gasteiger charge is 2.29. The van der Waals surface area contributed by atoms with Gasteiger partial charge in [-0.25, -0.2) is 0 Å². The molecule has 1 saturated heterocycles. The molecule has 0 bridgehead atoms. The fourth-order valence-electron chi connectivity index (χ4n) is 2.58. The Morgan fingerprint density at radius 1 is 1.22 bits per heavy atom. The van der Waals surface area contributed by atoms with Crippen molar-refractivity contribution in [3.8, 4) is 5.75 Å². The summed E-state index contributed by atoms with van der Waals surface area (Å²) in [6.07, 6.45) is 0.657. The average Bonchev–Trinajstić information content (AvgIpc) is 2.89. The fraction of sp³-hybridized carbons (Fsp3) is 0.471. The lowest BCUT2D eigenvalue weighted by Gasteiger charge is -2.26. The Morgan fingerprint density at radius 2 is 1.78 bits per heavy atom. The largest absolute Gasteiger partial charge is 0.497 e. The summed E-state index contributed by atoms with van der Waals surface area (Å²) in [7, 11) is 3.33. The number of amides is 3. The number of ether oxygens (including phenoxy) is 1. The van der Waals surface area contributed by atoms with Gasteiger partial charge in [-0.3, -0.25) is 19.3 Å². The van der Waals surface area contributed by atoms with Gasteiger partial charge in [0, 0.05) is 32.9 Å². The Bertz CT molecular complexity index is 581. The number of carbonyl (C=O) groups excluding carboxylic acids is 3. The lowest BCUT2D eigenvalue weighted by molar-refractivity contribution is -0.139. The summed E-state index contributed by atoms with van der Waals surface area (Å²) in [5.41, 5.74) is 0.995. The Morgan fingerprint density at radius 3 is 2.30 bits per heavy atom. The Labute approximate surface area is 136 Å². The number of nitrogens with zero attached hydrogens (tertiary/aromatic N) is 2. The molecule has 1 unspecified atom stereocenters. The van der Waals surface area contributed by atoms with Crippen LogP contribution in [0.1, 0.15) is 37.8 Å². The molecule has 1 fully saturated rings. The van der Waals surface area contributed by atoms with Gasteiger partial charge in [0.25, 0.3) is 0 Å². The first-order valence-electron chi connectivity index (χ1n) is 7.67. The van der Waals surface area contributed by atoms with E-state index in [1.165, 1.54) is 4.90 Å². The van der Waals surface area contributed by atoms with E-state index in [0.717, 1.165) is 11.3 Å². The molecule has 0 saturated carbocycles. The van der Waals surface area contributed by atoms with Crippen LogP contribution in [0.4, 0.5) is 0 Å². The number of rotatable bonds is 6. The van der Waals surface area contributed by atoms with Crippen LogP contribution in [0.5, 0.6) is 5.75 Å². The zero-order valence-electron chi connectivity index (χ0n) is 13.7. The van der Waals surface area contributed by atoms with Gasteiger partial charge < -0.3 is 9.64 Å². The predicted molar refractivity (Wildman–Crippen MR) is 84.8 cm³/mol. The topological polar surface area (TPSA) is 66.9 Å². The minimum atomic E-state index is -0.186. The third-order valence-corrected chi connectivity index (χ3v) is 4.28. The Hall–Kier alpha value is -2.37. The van der Waals surface area contributed by atoms with Gasteiger partial charge in [-0.2, -0.15) is 0 Å². The van der Waals surface area contributed by atoms with E-state index >= 15 is 0 Å². The predicted octanol–water partition coefficient (Wildman–Crippen LogP) is 1.75. The van der Waals surface area contributed by atoms with Crippen LogP contribution in [0.3, 0.4) is 0 Å². The van der Waals surface area contributed by atoms with Crippen molar-refractivity contribution in [2.75, 3.05) is 20.7 Å². The lowest BCUT2D eigenvalue weighted by Crippen LogP contribution is -2.35. The van der Waals surface area contributed by atoms with E-state index in [0.29, 0.717) is 0 Å².